The van der Waals surface area contributed by atoms with Crippen LogP contribution < -0.4 is 5.32 Å². The quantitative estimate of drug-likeness (QED) is 0.807. The maximum absolute atomic E-state index is 3.65. The second-order valence-corrected chi connectivity index (χ2v) is 8.81. The van der Waals surface area contributed by atoms with Gasteiger partial charge in [0.25, 0.3) is 0 Å². The molecule has 0 saturated carbocycles. The van der Waals surface area contributed by atoms with Gasteiger partial charge in [-0.3, -0.25) is 0 Å². The summed E-state index contributed by atoms with van der Waals surface area (Å²) in [5.41, 5.74) is 3.02. The standard InChI is InChI=1S/C15H18BrNS2/c1-3-17-15(11-8-14(16)18-9(11)2)13-7-10-5-4-6-12(10)19-13/h7-8,15,17H,3-6H2,1-2H3. The summed E-state index contributed by atoms with van der Waals surface area (Å²) in [7, 11) is 0. The van der Waals surface area contributed by atoms with Crippen LogP contribution in [0.2, 0.25) is 0 Å². The Labute approximate surface area is 131 Å². The molecule has 0 aliphatic heterocycles. The molecule has 1 aliphatic rings. The Morgan fingerprint density at radius 1 is 1.32 bits per heavy atom. The second kappa shape index (κ2) is 5.68. The molecule has 0 saturated heterocycles. The molecule has 0 radical (unpaired) electrons. The van der Waals surface area contributed by atoms with E-state index in [1.54, 1.807) is 10.4 Å². The molecule has 1 unspecified atom stereocenters. The minimum Gasteiger partial charge on any atom is -0.306 e. The monoisotopic (exact) mass is 355 g/mol. The van der Waals surface area contributed by atoms with E-state index in [1.807, 2.05) is 22.7 Å². The maximum Gasteiger partial charge on any atom is 0.0704 e. The van der Waals surface area contributed by atoms with Crippen LogP contribution in [0.1, 0.15) is 45.1 Å². The van der Waals surface area contributed by atoms with Crippen molar-refractivity contribution in [3.8, 4) is 0 Å². The Morgan fingerprint density at radius 2 is 2.16 bits per heavy atom. The van der Waals surface area contributed by atoms with Gasteiger partial charge in [0.05, 0.1) is 9.83 Å². The van der Waals surface area contributed by atoms with E-state index in [1.165, 1.54) is 38.4 Å². The van der Waals surface area contributed by atoms with Gasteiger partial charge in [0.1, 0.15) is 0 Å². The van der Waals surface area contributed by atoms with Crippen molar-refractivity contribution in [2.24, 2.45) is 0 Å². The average Bonchev–Trinajstić information content (AvgIpc) is 3.00. The molecule has 1 nitrogen and oxygen atoms in total. The average molecular weight is 356 g/mol. The molecule has 1 aliphatic carbocycles. The van der Waals surface area contributed by atoms with Gasteiger partial charge in [0.15, 0.2) is 0 Å². The fourth-order valence-electron chi connectivity index (χ4n) is 2.81. The molecule has 3 rings (SSSR count). The second-order valence-electron chi connectivity index (χ2n) is 5.00. The predicted octanol–water partition coefficient (Wildman–Crippen LogP) is 5.07. The van der Waals surface area contributed by atoms with Gasteiger partial charge < -0.3 is 5.32 Å². The zero-order chi connectivity index (χ0) is 13.4. The van der Waals surface area contributed by atoms with E-state index in [9.17, 15) is 0 Å². The normalized spacial score (nSPS) is 15.7. The van der Waals surface area contributed by atoms with E-state index < -0.39 is 0 Å². The first-order valence-corrected chi connectivity index (χ1v) is 9.22. The van der Waals surface area contributed by atoms with Gasteiger partial charge in [-0.05, 0) is 71.9 Å². The molecule has 0 aromatic carbocycles. The maximum atomic E-state index is 3.65. The Hall–Kier alpha value is -0.160. The summed E-state index contributed by atoms with van der Waals surface area (Å²) in [6.07, 6.45) is 3.90. The van der Waals surface area contributed by atoms with E-state index in [4.69, 9.17) is 0 Å². The molecular weight excluding hydrogens is 338 g/mol. The van der Waals surface area contributed by atoms with E-state index in [2.05, 4.69) is 47.2 Å². The number of nitrogens with one attached hydrogen (secondary N) is 1. The molecule has 4 heteroatoms. The summed E-state index contributed by atoms with van der Waals surface area (Å²) in [5.74, 6) is 0. The summed E-state index contributed by atoms with van der Waals surface area (Å²) >= 11 is 7.45. The first kappa shape index (κ1) is 13.8. The largest absolute Gasteiger partial charge is 0.306 e. The zero-order valence-electron chi connectivity index (χ0n) is 11.3. The molecular formula is C15H18BrNS2. The first-order chi connectivity index (χ1) is 9.19. The smallest absolute Gasteiger partial charge is 0.0704 e. The molecule has 2 aromatic heterocycles. The lowest BCUT2D eigenvalue weighted by Crippen LogP contribution is -2.21. The van der Waals surface area contributed by atoms with Crippen LogP contribution in [0.5, 0.6) is 0 Å². The molecule has 0 amide bonds. The number of halogens is 1. The van der Waals surface area contributed by atoms with Crippen LogP contribution in [0.25, 0.3) is 0 Å². The van der Waals surface area contributed by atoms with Crippen LogP contribution in [0.4, 0.5) is 0 Å². The number of aryl methyl sites for hydroxylation is 3. The lowest BCUT2D eigenvalue weighted by atomic mass is 10.1. The van der Waals surface area contributed by atoms with Crippen molar-refractivity contribution >= 4 is 38.6 Å². The van der Waals surface area contributed by atoms with Crippen molar-refractivity contribution in [2.45, 2.75) is 39.2 Å². The Balaban J connectivity index is 1.98. The lowest BCUT2D eigenvalue weighted by Gasteiger charge is -2.16. The molecule has 1 atom stereocenters. The van der Waals surface area contributed by atoms with Gasteiger partial charge in [0, 0.05) is 14.6 Å². The molecule has 2 aromatic rings. The van der Waals surface area contributed by atoms with Gasteiger partial charge in [-0.1, -0.05) is 6.92 Å². The van der Waals surface area contributed by atoms with Crippen LogP contribution in [0.15, 0.2) is 15.9 Å². The van der Waals surface area contributed by atoms with E-state index in [0.717, 1.165) is 6.54 Å². The number of hydrogen-bond acceptors (Lipinski definition) is 3. The molecule has 2 heterocycles. The minimum atomic E-state index is 0.364. The molecule has 0 bridgehead atoms. The lowest BCUT2D eigenvalue weighted by molar-refractivity contribution is 0.638. The van der Waals surface area contributed by atoms with Crippen molar-refractivity contribution in [3.63, 3.8) is 0 Å². The Bertz CT molecular complexity index is 563. The van der Waals surface area contributed by atoms with Gasteiger partial charge in [-0.25, -0.2) is 0 Å². The summed E-state index contributed by atoms with van der Waals surface area (Å²) in [5, 5.41) is 3.65. The molecule has 19 heavy (non-hydrogen) atoms. The van der Waals surface area contributed by atoms with Crippen LogP contribution in [0.3, 0.4) is 0 Å². The summed E-state index contributed by atoms with van der Waals surface area (Å²) < 4.78 is 1.23. The highest BCUT2D eigenvalue weighted by Gasteiger charge is 2.23. The van der Waals surface area contributed by atoms with Crippen molar-refractivity contribution in [2.75, 3.05) is 6.54 Å². The highest BCUT2D eigenvalue weighted by Crippen LogP contribution is 2.39. The van der Waals surface area contributed by atoms with E-state index in [0.29, 0.717) is 6.04 Å². The fraction of sp³-hybridized carbons (Fsp3) is 0.467. The third-order valence-electron chi connectivity index (χ3n) is 3.70. The Kier molecular flexibility index (Phi) is 4.13. The topological polar surface area (TPSA) is 12.0 Å². The fourth-order valence-corrected chi connectivity index (χ4v) is 5.91. The summed E-state index contributed by atoms with van der Waals surface area (Å²) in [4.78, 5) is 4.51. The van der Waals surface area contributed by atoms with Gasteiger partial charge in [-0.15, -0.1) is 22.7 Å². The van der Waals surface area contributed by atoms with Gasteiger partial charge in [0.2, 0.25) is 0 Å². The first-order valence-electron chi connectivity index (χ1n) is 6.79. The van der Waals surface area contributed by atoms with Crippen molar-refractivity contribution in [1.82, 2.24) is 5.32 Å². The number of fused-ring (bicyclic) bond motifs is 1. The van der Waals surface area contributed by atoms with Crippen molar-refractivity contribution in [1.29, 1.82) is 0 Å². The minimum absolute atomic E-state index is 0.364. The number of hydrogen-bond donors (Lipinski definition) is 1. The van der Waals surface area contributed by atoms with Crippen LogP contribution in [0, 0.1) is 6.92 Å². The number of rotatable bonds is 4. The van der Waals surface area contributed by atoms with Crippen LogP contribution >= 0.6 is 38.6 Å². The van der Waals surface area contributed by atoms with Crippen molar-refractivity contribution in [3.05, 3.63) is 41.7 Å². The van der Waals surface area contributed by atoms with E-state index in [-0.39, 0.29) is 0 Å². The summed E-state index contributed by atoms with van der Waals surface area (Å²) in [6.45, 7) is 5.40. The highest BCUT2D eigenvalue weighted by atomic mass is 79.9. The molecule has 102 valence electrons. The molecule has 1 N–H and O–H groups in total. The number of thiophene rings is 2. The van der Waals surface area contributed by atoms with E-state index >= 15 is 0 Å². The SMILES string of the molecule is CCNC(c1cc2c(s1)CCC2)c1cc(Br)sc1C. The Morgan fingerprint density at radius 3 is 2.79 bits per heavy atom. The molecule has 0 spiro atoms. The third kappa shape index (κ3) is 2.68. The summed E-state index contributed by atoms with van der Waals surface area (Å²) in [6, 6.07) is 5.08. The van der Waals surface area contributed by atoms with Crippen LogP contribution in [-0.2, 0) is 12.8 Å². The van der Waals surface area contributed by atoms with Gasteiger partial charge in [-0.2, -0.15) is 0 Å². The third-order valence-corrected chi connectivity index (χ3v) is 6.57. The zero-order valence-corrected chi connectivity index (χ0v) is 14.5. The predicted molar refractivity (Wildman–Crippen MR) is 88.6 cm³/mol. The van der Waals surface area contributed by atoms with Gasteiger partial charge >= 0.3 is 0 Å². The van der Waals surface area contributed by atoms with Crippen molar-refractivity contribution < 1.29 is 0 Å². The van der Waals surface area contributed by atoms with Crippen LogP contribution in [-0.4, -0.2) is 6.54 Å². The molecule has 0 fully saturated rings. The highest BCUT2D eigenvalue weighted by molar-refractivity contribution is 9.11.